The standard InChI is InChI=1S/C24H28N4O2/c25-12-14-28(13-11-19-16-26-22-4-2-1-3-20(19)22)23-9-7-18-15-17(5-8-21(18)23)6-10-24(29)27-30/h1-6,8,10,15-16,23,26,30H,7,9,11-14,25H2,(H,27,29)/b10-6+. The number of nitrogens with two attached hydrogens (primary N) is 1. The Hall–Kier alpha value is -2.93. The molecular formula is C24H28N4O2. The molecule has 1 aliphatic rings. The molecule has 1 heterocycles. The maximum absolute atomic E-state index is 11.2. The molecule has 0 aliphatic heterocycles. The highest BCUT2D eigenvalue weighted by molar-refractivity contribution is 5.90. The summed E-state index contributed by atoms with van der Waals surface area (Å²) < 4.78 is 0. The zero-order valence-electron chi connectivity index (χ0n) is 17.0. The first-order chi connectivity index (χ1) is 14.7. The van der Waals surface area contributed by atoms with Crippen molar-refractivity contribution < 1.29 is 10.0 Å². The van der Waals surface area contributed by atoms with E-state index in [0.717, 1.165) is 37.9 Å². The zero-order valence-corrected chi connectivity index (χ0v) is 17.0. The summed E-state index contributed by atoms with van der Waals surface area (Å²) in [5.74, 6) is -0.528. The molecular weight excluding hydrogens is 376 g/mol. The predicted molar refractivity (Wildman–Crippen MR) is 119 cm³/mol. The van der Waals surface area contributed by atoms with Crippen molar-refractivity contribution in [1.29, 1.82) is 0 Å². The van der Waals surface area contributed by atoms with Gasteiger partial charge in [-0.25, -0.2) is 5.48 Å². The number of H-pyrrole nitrogens is 1. The summed E-state index contributed by atoms with van der Waals surface area (Å²) in [6.07, 6.45) is 8.24. The van der Waals surface area contributed by atoms with Crippen molar-refractivity contribution in [3.63, 3.8) is 0 Å². The Morgan fingerprint density at radius 1 is 1.27 bits per heavy atom. The lowest BCUT2D eigenvalue weighted by Gasteiger charge is -2.29. The lowest BCUT2D eigenvalue weighted by Crippen LogP contribution is -2.34. The molecule has 156 valence electrons. The first-order valence-corrected chi connectivity index (χ1v) is 10.4. The number of hydroxylamine groups is 1. The third-order valence-electron chi connectivity index (χ3n) is 5.95. The van der Waals surface area contributed by atoms with Gasteiger partial charge in [-0.05, 0) is 53.7 Å². The largest absolute Gasteiger partial charge is 0.361 e. The van der Waals surface area contributed by atoms with E-state index in [1.54, 1.807) is 11.6 Å². The number of para-hydroxylation sites is 1. The van der Waals surface area contributed by atoms with Crippen molar-refractivity contribution in [2.45, 2.75) is 25.3 Å². The number of amides is 1. The Morgan fingerprint density at radius 2 is 2.13 bits per heavy atom. The second-order valence-electron chi connectivity index (χ2n) is 7.76. The molecule has 3 aromatic rings. The van der Waals surface area contributed by atoms with Crippen LogP contribution in [0.25, 0.3) is 17.0 Å². The number of rotatable bonds is 8. The minimum atomic E-state index is -0.528. The second-order valence-corrected chi connectivity index (χ2v) is 7.76. The number of hydrogen-bond acceptors (Lipinski definition) is 4. The van der Waals surface area contributed by atoms with Gasteiger partial charge in [-0.1, -0.05) is 36.4 Å². The van der Waals surface area contributed by atoms with Gasteiger partial charge in [0.15, 0.2) is 0 Å². The van der Waals surface area contributed by atoms with Crippen LogP contribution in [0.4, 0.5) is 0 Å². The monoisotopic (exact) mass is 404 g/mol. The summed E-state index contributed by atoms with van der Waals surface area (Å²) >= 11 is 0. The van der Waals surface area contributed by atoms with E-state index in [9.17, 15) is 4.79 Å². The molecule has 4 rings (SSSR count). The average molecular weight is 405 g/mol. The van der Waals surface area contributed by atoms with E-state index in [1.807, 2.05) is 6.07 Å². The number of nitrogens with one attached hydrogen (secondary N) is 2. The highest BCUT2D eigenvalue weighted by Crippen LogP contribution is 2.36. The maximum Gasteiger partial charge on any atom is 0.267 e. The topological polar surface area (TPSA) is 94.4 Å². The molecule has 6 heteroatoms. The Balaban J connectivity index is 1.49. The van der Waals surface area contributed by atoms with Crippen LogP contribution in [-0.2, 0) is 17.6 Å². The summed E-state index contributed by atoms with van der Waals surface area (Å²) in [5.41, 5.74) is 13.7. The number of nitrogens with zero attached hydrogens (tertiary/aromatic N) is 1. The lowest BCUT2D eigenvalue weighted by molar-refractivity contribution is -0.124. The second kappa shape index (κ2) is 9.26. The number of carbonyl (C=O) groups excluding carboxylic acids is 1. The van der Waals surface area contributed by atoms with Crippen LogP contribution in [0.3, 0.4) is 0 Å². The van der Waals surface area contributed by atoms with E-state index >= 15 is 0 Å². The van der Waals surface area contributed by atoms with Crippen molar-refractivity contribution in [2.75, 3.05) is 19.6 Å². The van der Waals surface area contributed by atoms with E-state index in [-0.39, 0.29) is 0 Å². The molecule has 0 spiro atoms. The molecule has 1 unspecified atom stereocenters. The van der Waals surface area contributed by atoms with E-state index < -0.39 is 5.91 Å². The molecule has 0 fully saturated rings. The van der Waals surface area contributed by atoms with Gasteiger partial charge in [-0.2, -0.15) is 0 Å². The van der Waals surface area contributed by atoms with Crippen LogP contribution < -0.4 is 11.2 Å². The van der Waals surface area contributed by atoms with Crippen LogP contribution in [0, 0.1) is 0 Å². The van der Waals surface area contributed by atoms with Gasteiger partial charge in [0.25, 0.3) is 5.91 Å². The van der Waals surface area contributed by atoms with Crippen molar-refractivity contribution in [3.05, 3.63) is 77.0 Å². The molecule has 6 nitrogen and oxygen atoms in total. The summed E-state index contributed by atoms with van der Waals surface area (Å²) in [7, 11) is 0. The maximum atomic E-state index is 11.2. The van der Waals surface area contributed by atoms with Crippen LogP contribution in [0.15, 0.2) is 54.7 Å². The fraction of sp³-hybridized carbons (Fsp3) is 0.292. The predicted octanol–water partition coefficient (Wildman–Crippen LogP) is 3.18. The molecule has 2 aromatic carbocycles. The van der Waals surface area contributed by atoms with Crippen molar-refractivity contribution >= 4 is 22.9 Å². The molecule has 1 amide bonds. The molecule has 0 saturated carbocycles. The molecule has 1 aliphatic carbocycles. The molecule has 0 radical (unpaired) electrons. The van der Waals surface area contributed by atoms with Crippen LogP contribution in [-0.4, -0.2) is 40.6 Å². The zero-order chi connectivity index (χ0) is 20.9. The SMILES string of the molecule is NCCN(CCc1c[nH]c2ccccc12)C1CCc2cc(/C=C/C(=O)NO)ccc21. The molecule has 5 N–H and O–H groups in total. The minimum Gasteiger partial charge on any atom is -0.361 e. The highest BCUT2D eigenvalue weighted by atomic mass is 16.5. The number of aromatic nitrogens is 1. The van der Waals surface area contributed by atoms with Crippen LogP contribution in [0.1, 0.15) is 34.7 Å². The first kappa shape index (κ1) is 20.3. The average Bonchev–Trinajstić information content (AvgIpc) is 3.39. The number of carbonyl (C=O) groups is 1. The normalized spacial score (nSPS) is 15.9. The summed E-state index contributed by atoms with van der Waals surface area (Å²) in [5, 5.41) is 9.91. The van der Waals surface area contributed by atoms with Gasteiger partial charge >= 0.3 is 0 Å². The third-order valence-corrected chi connectivity index (χ3v) is 5.95. The number of hydrogen-bond donors (Lipinski definition) is 4. The minimum absolute atomic E-state index is 0.368. The van der Waals surface area contributed by atoms with Gasteiger partial charge in [0.1, 0.15) is 0 Å². The van der Waals surface area contributed by atoms with Gasteiger partial charge in [-0.15, -0.1) is 0 Å². The van der Waals surface area contributed by atoms with Gasteiger partial charge in [0, 0.05) is 48.9 Å². The number of aromatic amines is 1. The van der Waals surface area contributed by atoms with Crippen molar-refractivity contribution in [2.24, 2.45) is 5.73 Å². The fourth-order valence-corrected chi connectivity index (χ4v) is 4.50. The fourth-order valence-electron chi connectivity index (χ4n) is 4.50. The van der Waals surface area contributed by atoms with Crippen LogP contribution >= 0.6 is 0 Å². The lowest BCUT2D eigenvalue weighted by atomic mass is 10.0. The number of fused-ring (bicyclic) bond motifs is 2. The Labute approximate surface area is 176 Å². The first-order valence-electron chi connectivity index (χ1n) is 10.4. The van der Waals surface area contributed by atoms with Crippen molar-refractivity contribution in [1.82, 2.24) is 15.4 Å². The Kier molecular flexibility index (Phi) is 6.28. The van der Waals surface area contributed by atoms with Gasteiger partial charge in [0.2, 0.25) is 0 Å². The third kappa shape index (κ3) is 4.31. The number of aryl methyl sites for hydroxylation is 1. The van der Waals surface area contributed by atoms with E-state index in [4.69, 9.17) is 10.9 Å². The van der Waals surface area contributed by atoms with E-state index in [2.05, 4.69) is 52.5 Å². The highest BCUT2D eigenvalue weighted by Gasteiger charge is 2.27. The van der Waals surface area contributed by atoms with Crippen LogP contribution in [0.5, 0.6) is 0 Å². The molecule has 30 heavy (non-hydrogen) atoms. The van der Waals surface area contributed by atoms with Crippen molar-refractivity contribution in [3.8, 4) is 0 Å². The molecule has 1 atom stereocenters. The summed E-state index contributed by atoms with van der Waals surface area (Å²) in [6, 6.07) is 15.1. The van der Waals surface area contributed by atoms with Crippen LogP contribution in [0.2, 0.25) is 0 Å². The smallest absolute Gasteiger partial charge is 0.267 e. The quantitative estimate of drug-likeness (QED) is 0.263. The molecule has 0 bridgehead atoms. The molecule has 0 saturated heterocycles. The van der Waals surface area contributed by atoms with Gasteiger partial charge < -0.3 is 10.7 Å². The van der Waals surface area contributed by atoms with E-state index in [0.29, 0.717) is 12.6 Å². The summed E-state index contributed by atoms with van der Waals surface area (Å²) in [6.45, 7) is 2.46. The van der Waals surface area contributed by atoms with Gasteiger partial charge in [-0.3, -0.25) is 14.9 Å². The number of benzene rings is 2. The Bertz CT molecular complexity index is 1060. The summed E-state index contributed by atoms with van der Waals surface area (Å²) in [4.78, 5) is 17.1. The molecule has 1 aromatic heterocycles. The Morgan fingerprint density at radius 3 is 2.97 bits per heavy atom. The van der Waals surface area contributed by atoms with Gasteiger partial charge in [0.05, 0.1) is 0 Å². The van der Waals surface area contributed by atoms with E-state index in [1.165, 1.54) is 33.7 Å².